The van der Waals surface area contributed by atoms with E-state index in [1.807, 2.05) is 0 Å². The minimum Gasteiger partial charge on any atom is -0.478 e. The number of carbonyl (C=O) groups excluding carboxylic acids is 1. The Hall–Kier alpha value is -1.10. The van der Waals surface area contributed by atoms with Gasteiger partial charge in [0.05, 0.1) is 14.3 Å². The predicted molar refractivity (Wildman–Crippen MR) is 64.9 cm³/mol. The molecule has 0 bridgehead atoms. The molecule has 0 aliphatic carbocycles. The fourth-order valence-corrected chi connectivity index (χ4v) is 1.52. The SMILES string of the molecule is CC(C)C(=CC(=O)O)C(=O)OC[Si](C)(C)C. The van der Waals surface area contributed by atoms with Gasteiger partial charge in [-0.25, -0.2) is 9.59 Å². The standard InChI is InChI=1S/C11H20O4Si/c1-8(2)9(6-10(12)13)11(14)15-7-16(3,4)5/h6,8H,7H2,1-5H3,(H,12,13). The van der Waals surface area contributed by atoms with Gasteiger partial charge in [-0.3, -0.25) is 0 Å². The number of rotatable bonds is 5. The van der Waals surface area contributed by atoms with Crippen LogP contribution in [0.5, 0.6) is 0 Å². The van der Waals surface area contributed by atoms with Gasteiger partial charge in [0.1, 0.15) is 0 Å². The van der Waals surface area contributed by atoms with E-state index in [1.165, 1.54) is 0 Å². The van der Waals surface area contributed by atoms with Crippen LogP contribution in [0.1, 0.15) is 13.8 Å². The molecule has 1 N–H and O–H groups in total. The molecule has 0 spiro atoms. The highest BCUT2D eigenvalue weighted by Gasteiger charge is 2.20. The quantitative estimate of drug-likeness (QED) is 0.457. The maximum Gasteiger partial charge on any atom is 0.334 e. The number of carbonyl (C=O) groups is 2. The van der Waals surface area contributed by atoms with Gasteiger partial charge in [-0.2, -0.15) is 0 Å². The van der Waals surface area contributed by atoms with Crippen molar-refractivity contribution in [2.24, 2.45) is 5.92 Å². The molecule has 0 heterocycles. The van der Waals surface area contributed by atoms with Crippen LogP contribution < -0.4 is 0 Å². The van der Waals surface area contributed by atoms with E-state index in [0.717, 1.165) is 6.08 Å². The topological polar surface area (TPSA) is 63.6 Å². The molecular weight excluding hydrogens is 224 g/mol. The molecule has 92 valence electrons. The summed E-state index contributed by atoms with van der Waals surface area (Å²) >= 11 is 0. The Morgan fingerprint density at radius 2 is 1.81 bits per heavy atom. The third-order valence-electron chi connectivity index (χ3n) is 1.77. The highest BCUT2D eigenvalue weighted by atomic mass is 28.3. The molecule has 0 aliphatic rings. The Morgan fingerprint density at radius 3 is 2.12 bits per heavy atom. The van der Waals surface area contributed by atoms with Gasteiger partial charge < -0.3 is 9.84 Å². The van der Waals surface area contributed by atoms with Crippen LogP contribution in [0.3, 0.4) is 0 Å². The Balaban J connectivity index is 4.60. The predicted octanol–water partition coefficient (Wildman–Crippen LogP) is 2.07. The molecule has 0 aromatic rings. The Bertz CT molecular complexity index is 300. The molecule has 0 saturated heterocycles. The van der Waals surface area contributed by atoms with Gasteiger partial charge in [0, 0.05) is 11.6 Å². The zero-order valence-electron chi connectivity index (χ0n) is 10.5. The van der Waals surface area contributed by atoms with E-state index < -0.39 is 20.0 Å². The van der Waals surface area contributed by atoms with Crippen molar-refractivity contribution in [3.63, 3.8) is 0 Å². The van der Waals surface area contributed by atoms with Crippen LogP contribution in [0.25, 0.3) is 0 Å². The van der Waals surface area contributed by atoms with Crippen LogP contribution in [0, 0.1) is 5.92 Å². The monoisotopic (exact) mass is 244 g/mol. The maximum absolute atomic E-state index is 11.6. The van der Waals surface area contributed by atoms with Crippen molar-refractivity contribution in [2.45, 2.75) is 33.5 Å². The normalized spacial score (nSPS) is 12.8. The van der Waals surface area contributed by atoms with Gasteiger partial charge in [-0.05, 0) is 5.92 Å². The van der Waals surface area contributed by atoms with E-state index in [0.29, 0.717) is 6.23 Å². The Kier molecular flexibility index (Phi) is 5.44. The fourth-order valence-electron chi connectivity index (χ4n) is 0.960. The molecule has 0 unspecified atom stereocenters. The molecule has 0 rings (SSSR count). The van der Waals surface area contributed by atoms with E-state index >= 15 is 0 Å². The van der Waals surface area contributed by atoms with Crippen molar-refractivity contribution in [1.82, 2.24) is 0 Å². The highest BCUT2D eigenvalue weighted by Crippen LogP contribution is 2.12. The fraction of sp³-hybridized carbons (Fsp3) is 0.636. The van der Waals surface area contributed by atoms with Crippen LogP contribution in [0.2, 0.25) is 19.6 Å². The average molecular weight is 244 g/mol. The number of ether oxygens (including phenoxy) is 1. The first kappa shape index (κ1) is 14.9. The van der Waals surface area contributed by atoms with Gasteiger partial charge in [-0.15, -0.1) is 0 Å². The van der Waals surface area contributed by atoms with Crippen molar-refractivity contribution >= 4 is 20.0 Å². The molecule has 4 nitrogen and oxygen atoms in total. The third kappa shape index (κ3) is 6.39. The summed E-state index contributed by atoms with van der Waals surface area (Å²) < 4.78 is 5.12. The highest BCUT2D eigenvalue weighted by molar-refractivity contribution is 6.76. The lowest BCUT2D eigenvalue weighted by atomic mass is 10.0. The number of aliphatic carboxylic acids is 1. The first-order valence-corrected chi connectivity index (χ1v) is 8.96. The third-order valence-corrected chi connectivity index (χ3v) is 2.78. The van der Waals surface area contributed by atoms with Crippen LogP contribution in [-0.4, -0.2) is 31.3 Å². The molecule has 0 amide bonds. The molecule has 5 heteroatoms. The summed E-state index contributed by atoms with van der Waals surface area (Å²) in [6.07, 6.45) is 1.34. The molecule has 0 aromatic carbocycles. The van der Waals surface area contributed by atoms with Crippen LogP contribution in [-0.2, 0) is 14.3 Å². The lowest BCUT2D eigenvalue weighted by Crippen LogP contribution is -2.30. The molecule has 0 aliphatic heterocycles. The number of carboxylic acid groups (broad SMARTS) is 1. The molecule has 0 saturated carbocycles. The van der Waals surface area contributed by atoms with Gasteiger partial charge in [0.2, 0.25) is 0 Å². The average Bonchev–Trinajstić information content (AvgIpc) is 2.08. The zero-order chi connectivity index (χ0) is 12.9. The summed E-state index contributed by atoms with van der Waals surface area (Å²) in [5.41, 5.74) is 0.214. The summed E-state index contributed by atoms with van der Waals surface area (Å²) in [4.78, 5) is 22.2. The van der Waals surface area contributed by atoms with Gasteiger partial charge in [0.15, 0.2) is 0 Å². The minimum absolute atomic E-state index is 0.148. The number of carboxylic acids is 1. The zero-order valence-corrected chi connectivity index (χ0v) is 11.5. The summed E-state index contributed by atoms with van der Waals surface area (Å²) in [7, 11) is -1.46. The van der Waals surface area contributed by atoms with E-state index in [4.69, 9.17) is 9.84 Å². The molecule has 0 fully saturated rings. The summed E-state index contributed by atoms with van der Waals surface area (Å²) in [5, 5.41) is 8.63. The molecule has 0 atom stereocenters. The summed E-state index contributed by atoms with van der Waals surface area (Å²) in [6.45, 7) is 9.78. The second kappa shape index (κ2) is 5.84. The summed E-state index contributed by atoms with van der Waals surface area (Å²) in [6, 6.07) is 0. The number of esters is 1. The van der Waals surface area contributed by atoms with E-state index in [9.17, 15) is 9.59 Å². The van der Waals surface area contributed by atoms with Gasteiger partial charge >= 0.3 is 11.9 Å². The minimum atomic E-state index is -1.46. The molecule has 16 heavy (non-hydrogen) atoms. The van der Waals surface area contributed by atoms with E-state index in [2.05, 4.69) is 19.6 Å². The van der Waals surface area contributed by atoms with Crippen molar-refractivity contribution < 1.29 is 19.4 Å². The second-order valence-corrected chi connectivity index (χ2v) is 10.6. The van der Waals surface area contributed by atoms with Gasteiger partial charge in [0.25, 0.3) is 0 Å². The molecule has 0 radical (unpaired) electrons. The molecule has 0 aromatic heterocycles. The summed E-state index contributed by atoms with van der Waals surface area (Å²) in [5.74, 6) is -1.78. The Morgan fingerprint density at radius 1 is 1.31 bits per heavy atom. The Labute approximate surface area is 97.3 Å². The van der Waals surface area contributed by atoms with Gasteiger partial charge in [-0.1, -0.05) is 33.5 Å². The maximum atomic E-state index is 11.6. The lowest BCUT2D eigenvalue weighted by molar-refractivity contribution is -0.139. The van der Waals surface area contributed by atoms with E-state index in [1.54, 1.807) is 13.8 Å². The number of hydrogen-bond donors (Lipinski definition) is 1. The number of hydrogen-bond acceptors (Lipinski definition) is 3. The van der Waals surface area contributed by atoms with Crippen LogP contribution in [0.4, 0.5) is 0 Å². The van der Waals surface area contributed by atoms with Crippen LogP contribution in [0.15, 0.2) is 11.6 Å². The van der Waals surface area contributed by atoms with Crippen molar-refractivity contribution in [2.75, 3.05) is 6.23 Å². The second-order valence-electron chi connectivity index (χ2n) is 5.23. The first-order valence-electron chi connectivity index (χ1n) is 5.25. The van der Waals surface area contributed by atoms with Crippen LogP contribution >= 0.6 is 0 Å². The smallest absolute Gasteiger partial charge is 0.334 e. The first-order chi connectivity index (χ1) is 7.13. The van der Waals surface area contributed by atoms with Crippen molar-refractivity contribution in [3.8, 4) is 0 Å². The van der Waals surface area contributed by atoms with E-state index in [-0.39, 0.29) is 11.5 Å². The lowest BCUT2D eigenvalue weighted by Gasteiger charge is -2.17. The van der Waals surface area contributed by atoms with Crippen molar-refractivity contribution in [3.05, 3.63) is 11.6 Å². The molecular formula is C11H20O4Si. The largest absolute Gasteiger partial charge is 0.478 e. The van der Waals surface area contributed by atoms with Crippen molar-refractivity contribution in [1.29, 1.82) is 0 Å².